The van der Waals surface area contributed by atoms with Gasteiger partial charge in [0.15, 0.2) is 0 Å². The van der Waals surface area contributed by atoms with Crippen molar-refractivity contribution in [3.05, 3.63) is 73.3 Å². The molecule has 0 saturated heterocycles. The fraction of sp³-hybridized carbons (Fsp3) is 0.357. The number of hydrogen-bond donors (Lipinski definition) is 2. The second-order valence-electron chi connectivity index (χ2n) is 10.5. The second-order valence-corrected chi connectivity index (χ2v) is 12.4. The number of aliphatic imine (C=N–C) groups is 1. The number of rotatable bonds is 4. The minimum absolute atomic E-state index is 0.0232. The number of halogens is 2. The number of benzene rings is 2. The molecule has 2 N–H and O–H groups in total. The van der Waals surface area contributed by atoms with Crippen molar-refractivity contribution in [3.8, 4) is 5.75 Å². The van der Waals surface area contributed by atoms with Crippen molar-refractivity contribution in [2.75, 3.05) is 6.61 Å². The Kier molecular flexibility index (Phi) is 8.23. The Bertz CT molecular complexity index is 1260. The van der Waals surface area contributed by atoms with Gasteiger partial charge in [-0.3, -0.25) is 0 Å². The number of nitrogens with zero attached hydrogens (tertiary/aromatic N) is 1. The number of carbonyl (C=O) groups excluding carboxylic acids is 1. The summed E-state index contributed by atoms with van der Waals surface area (Å²) >= 11 is 13.4. The van der Waals surface area contributed by atoms with E-state index in [4.69, 9.17) is 27.9 Å². The minimum atomic E-state index is -0.675. The molecule has 0 unspecified atom stereocenters. The van der Waals surface area contributed by atoms with Crippen LogP contribution >= 0.6 is 35.0 Å². The van der Waals surface area contributed by atoms with E-state index >= 15 is 0 Å². The first-order valence-electron chi connectivity index (χ1n) is 11.6. The zero-order valence-electron chi connectivity index (χ0n) is 21.5. The van der Waals surface area contributed by atoms with Crippen LogP contribution in [0.4, 0.5) is 5.69 Å². The molecule has 0 aromatic heterocycles. The highest BCUT2D eigenvalue weighted by Crippen LogP contribution is 2.44. The normalized spacial score (nSPS) is 16.8. The van der Waals surface area contributed by atoms with E-state index in [1.54, 1.807) is 31.2 Å². The number of aliphatic hydroxyl groups is 1. The largest absolute Gasteiger partial charge is 0.507 e. The summed E-state index contributed by atoms with van der Waals surface area (Å²) in [7, 11) is 0. The van der Waals surface area contributed by atoms with Gasteiger partial charge in [0.2, 0.25) is 0 Å². The smallest absolute Gasteiger partial charge is 0.344 e. The maximum atomic E-state index is 12.8. The van der Waals surface area contributed by atoms with Crippen LogP contribution in [0.3, 0.4) is 0 Å². The lowest BCUT2D eigenvalue weighted by Gasteiger charge is -2.28. The van der Waals surface area contributed by atoms with Crippen molar-refractivity contribution in [1.82, 2.24) is 0 Å². The molecule has 0 aliphatic carbocycles. The number of phenolic OH excluding ortho intramolecular Hbond substituents is 1. The third kappa shape index (κ3) is 6.10. The van der Waals surface area contributed by atoms with Crippen molar-refractivity contribution >= 4 is 57.7 Å². The Morgan fingerprint density at radius 1 is 1.03 bits per heavy atom. The Labute approximate surface area is 226 Å². The summed E-state index contributed by atoms with van der Waals surface area (Å²) in [6, 6.07) is 8.66. The zero-order chi connectivity index (χ0) is 27.0. The van der Waals surface area contributed by atoms with E-state index in [9.17, 15) is 15.0 Å². The van der Waals surface area contributed by atoms with Gasteiger partial charge >= 0.3 is 5.97 Å². The molecule has 192 valence electrons. The Morgan fingerprint density at radius 3 is 2.11 bits per heavy atom. The lowest BCUT2D eigenvalue weighted by Crippen LogP contribution is -2.17. The summed E-state index contributed by atoms with van der Waals surface area (Å²) in [5.41, 5.74) is 2.13. The molecule has 1 aliphatic rings. The highest BCUT2D eigenvalue weighted by Gasteiger charge is 2.34. The third-order valence-corrected chi connectivity index (χ3v) is 7.11. The van der Waals surface area contributed by atoms with E-state index in [1.165, 1.54) is 0 Å². The Morgan fingerprint density at radius 2 is 1.61 bits per heavy atom. The van der Waals surface area contributed by atoms with Crippen molar-refractivity contribution in [2.45, 2.75) is 59.3 Å². The average Bonchev–Trinajstić information content (AvgIpc) is 3.04. The molecule has 2 aromatic rings. The molecule has 8 heteroatoms. The van der Waals surface area contributed by atoms with Gasteiger partial charge in [-0.2, -0.15) is 0 Å². The third-order valence-electron chi connectivity index (χ3n) is 5.55. The van der Waals surface area contributed by atoms with Crippen LogP contribution in [0, 0.1) is 0 Å². The van der Waals surface area contributed by atoms with Crippen molar-refractivity contribution < 1.29 is 19.7 Å². The molecule has 0 fully saturated rings. The van der Waals surface area contributed by atoms with Gasteiger partial charge < -0.3 is 14.9 Å². The number of aliphatic hydroxyl groups excluding tert-OH is 1. The Hall–Kier alpha value is -2.41. The Balaban J connectivity index is 2.19. The molecule has 36 heavy (non-hydrogen) atoms. The van der Waals surface area contributed by atoms with Crippen LogP contribution in [0.5, 0.6) is 5.75 Å². The predicted molar refractivity (Wildman–Crippen MR) is 151 cm³/mol. The van der Waals surface area contributed by atoms with Gasteiger partial charge in [-0.05, 0) is 59.7 Å². The molecule has 0 saturated carbocycles. The summed E-state index contributed by atoms with van der Waals surface area (Å²) in [6.45, 7) is 14.0. The summed E-state index contributed by atoms with van der Waals surface area (Å²) < 4.78 is 5.19. The van der Waals surface area contributed by atoms with Crippen molar-refractivity contribution in [3.63, 3.8) is 0 Å². The molecule has 0 bridgehead atoms. The lowest BCUT2D eigenvalue weighted by atomic mass is 9.78. The van der Waals surface area contributed by atoms with Gasteiger partial charge in [-0.1, -0.05) is 76.5 Å². The summed E-state index contributed by atoms with van der Waals surface area (Å²) in [5.74, 6) is -0.626. The molecule has 2 aromatic carbocycles. The highest BCUT2D eigenvalue weighted by molar-refractivity contribution is 8.18. The van der Waals surface area contributed by atoms with Crippen LogP contribution in [0.1, 0.15) is 65.2 Å². The van der Waals surface area contributed by atoms with Crippen LogP contribution in [-0.2, 0) is 20.4 Å². The fourth-order valence-corrected chi connectivity index (χ4v) is 5.19. The maximum Gasteiger partial charge on any atom is 0.344 e. The molecular weight excluding hydrogens is 517 g/mol. The fourth-order valence-electron chi connectivity index (χ4n) is 3.71. The van der Waals surface area contributed by atoms with E-state index in [-0.39, 0.29) is 39.6 Å². The van der Waals surface area contributed by atoms with Crippen LogP contribution in [-0.4, -0.2) is 27.8 Å². The molecule has 0 atom stereocenters. The van der Waals surface area contributed by atoms with Gasteiger partial charge in [0, 0.05) is 16.1 Å². The number of thioether (sulfide) groups is 1. The number of aromatic hydroxyl groups is 1. The summed E-state index contributed by atoms with van der Waals surface area (Å²) in [6.07, 6.45) is 1.79. The van der Waals surface area contributed by atoms with Gasteiger partial charge in [0.05, 0.1) is 22.2 Å². The first-order chi connectivity index (χ1) is 16.6. The van der Waals surface area contributed by atoms with Gasteiger partial charge in [0.1, 0.15) is 22.1 Å². The monoisotopic (exact) mass is 547 g/mol. The average molecular weight is 549 g/mol. The number of hydrogen-bond acceptors (Lipinski definition) is 6. The SMILES string of the molecule is CCOC(=O)C1=C(O)C(=Cc2cc(C(C)(C)C)c(O)c(C(C)(C)C)c2)SC1=Nc1ccc(Cl)cc1Cl. The molecule has 3 rings (SSSR count). The molecule has 0 amide bonds. The molecule has 0 spiro atoms. The van der Waals surface area contributed by atoms with E-state index in [2.05, 4.69) is 4.99 Å². The molecular formula is C28H31Cl2NO4S. The summed E-state index contributed by atoms with van der Waals surface area (Å²) in [5, 5.41) is 23.2. The molecule has 5 nitrogen and oxygen atoms in total. The number of ether oxygens (including phenoxy) is 1. The second kappa shape index (κ2) is 10.5. The zero-order valence-corrected chi connectivity index (χ0v) is 23.8. The predicted octanol–water partition coefficient (Wildman–Crippen LogP) is 8.49. The summed E-state index contributed by atoms with van der Waals surface area (Å²) in [4.78, 5) is 17.7. The van der Waals surface area contributed by atoms with Gasteiger partial charge in [-0.15, -0.1) is 0 Å². The van der Waals surface area contributed by atoms with E-state index in [1.807, 2.05) is 53.7 Å². The molecule has 1 aliphatic heterocycles. The molecule has 1 heterocycles. The topological polar surface area (TPSA) is 79.1 Å². The van der Waals surface area contributed by atoms with Gasteiger partial charge in [-0.25, -0.2) is 9.79 Å². The first kappa shape index (κ1) is 28.2. The first-order valence-corrected chi connectivity index (χ1v) is 13.1. The van der Waals surface area contributed by atoms with Crippen LogP contribution < -0.4 is 0 Å². The number of carbonyl (C=O) groups is 1. The van der Waals surface area contributed by atoms with E-state index in [0.29, 0.717) is 20.6 Å². The maximum absolute atomic E-state index is 12.8. The standard InChI is InChI=1S/C28H31Cl2NO4S/c1-8-35-26(34)22-24(33)21(36-25(22)31-20-10-9-16(29)14-19(20)30)13-15-11-17(27(2,3)4)23(32)18(12-15)28(5,6)7/h9-14,32-33H,8H2,1-7H3. The molecule has 0 radical (unpaired) electrons. The lowest BCUT2D eigenvalue weighted by molar-refractivity contribution is -0.138. The van der Waals surface area contributed by atoms with E-state index in [0.717, 1.165) is 28.5 Å². The van der Waals surface area contributed by atoms with Crippen LogP contribution in [0.15, 0.2) is 51.6 Å². The van der Waals surface area contributed by atoms with E-state index < -0.39 is 5.97 Å². The van der Waals surface area contributed by atoms with Crippen LogP contribution in [0.25, 0.3) is 6.08 Å². The highest BCUT2D eigenvalue weighted by atomic mass is 35.5. The number of esters is 1. The number of phenols is 1. The van der Waals surface area contributed by atoms with Gasteiger partial charge in [0.25, 0.3) is 0 Å². The minimum Gasteiger partial charge on any atom is -0.507 e. The van der Waals surface area contributed by atoms with Crippen molar-refractivity contribution in [2.24, 2.45) is 4.99 Å². The van der Waals surface area contributed by atoms with Crippen LogP contribution in [0.2, 0.25) is 10.0 Å². The van der Waals surface area contributed by atoms with Crippen molar-refractivity contribution in [1.29, 1.82) is 0 Å². The quantitative estimate of drug-likeness (QED) is 0.375.